The quantitative estimate of drug-likeness (QED) is 0.844. The van der Waals surface area contributed by atoms with Crippen molar-refractivity contribution < 1.29 is 13.9 Å². The SMILES string of the molecule is CNCCCC(=O)N1CC(C)OC(c2ccc(F)cc2)C1.Cl. The molecule has 0 bridgehead atoms. The van der Waals surface area contributed by atoms with Gasteiger partial charge in [0.15, 0.2) is 0 Å². The van der Waals surface area contributed by atoms with Gasteiger partial charge < -0.3 is 15.0 Å². The van der Waals surface area contributed by atoms with Crippen molar-refractivity contribution >= 4 is 18.3 Å². The molecule has 1 aromatic rings. The second kappa shape index (κ2) is 9.08. The van der Waals surface area contributed by atoms with E-state index in [9.17, 15) is 9.18 Å². The molecule has 2 rings (SSSR count). The van der Waals surface area contributed by atoms with E-state index < -0.39 is 0 Å². The molecule has 1 amide bonds. The molecular formula is C16H24ClFN2O2. The van der Waals surface area contributed by atoms with Gasteiger partial charge in [0.2, 0.25) is 5.91 Å². The molecule has 4 nitrogen and oxygen atoms in total. The summed E-state index contributed by atoms with van der Waals surface area (Å²) in [7, 11) is 1.88. The Balaban J connectivity index is 0.00000242. The van der Waals surface area contributed by atoms with Gasteiger partial charge in [0.1, 0.15) is 11.9 Å². The van der Waals surface area contributed by atoms with Crippen LogP contribution in [0.2, 0.25) is 0 Å². The average Bonchev–Trinajstić information content (AvgIpc) is 2.47. The first kappa shape index (κ1) is 18.9. The maximum atomic E-state index is 13.0. The molecule has 124 valence electrons. The Morgan fingerprint density at radius 3 is 2.68 bits per heavy atom. The second-order valence-corrected chi connectivity index (χ2v) is 5.49. The van der Waals surface area contributed by atoms with Crippen LogP contribution in [0.15, 0.2) is 24.3 Å². The molecule has 2 atom stereocenters. The van der Waals surface area contributed by atoms with Crippen molar-refractivity contribution in [2.75, 3.05) is 26.7 Å². The topological polar surface area (TPSA) is 41.6 Å². The van der Waals surface area contributed by atoms with E-state index in [1.165, 1.54) is 12.1 Å². The van der Waals surface area contributed by atoms with Crippen molar-refractivity contribution in [3.05, 3.63) is 35.6 Å². The van der Waals surface area contributed by atoms with E-state index in [1.807, 2.05) is 18.9 Å². The number of halogens is 2. The Hall–Kier alpha value is -1.17. The van der Waals surface area contributed by atoms with E-state index >= 15 is 0 Å². The van der Waals surface area contributed by atoms with Gasteiger partial charge in [-0.15, -0.1) is 12.4 Å². The number of hydrogen-bond acceptors (Lipinski definition) is 3. The van der Waals surface area contributed by atoms with Gasteiger partial charge in [0.05, 0.1) is 12.6 Å². The van der Waals surface area contributed by atoms with Gasteiger partial charge in [-0.3, -0.25) is 4.79 Å². The Morgan fingerprint density at radius 2 is 2.05 bits per heavy atom. The van der Waals surface area contributed by atoms with Gasteiger partial charge in [0, 0.05) is 13.0 Å². The van der Waals surface area contributed by atoms with Crippen molar-refractivity contribution in [2.24, 2.45) is 0 Å². The maximum Gasteiger partial charge on any atom is 0.222 e. The molecule has 1 aliphatic heterocycles. The lowest BCUT2D eigenvalue weighted by molar-refractivity contribution is -0.145. The Kier molecular flexibility index (Phi) is 7.79. The van der Waals surface area contributed by atoms with Crippen molar-refractivity contribution in [3.8, 4) is 0 Å². The largest absolute Gasteiger partial charge is 0.367 e. The fourth-order valence-corrected chi connectivity index (χ4v) is 2.59. The van der Waals surface area contributed by atoms with Gasteiger partial charge in [-0.2, -0.15) is 0 Å². The third-order valence-corrected chi connectivity index (χ3v) is 3.67. The van der Waals surface area contributed by atoms with Crippen molar-refractivity contribution in [1.29, 1.82) is 0 Å². The Bertz CT molecular complexity index is 470. The van der Waals surface area contributed by atoms with Crippen molar-refractivity contribution in [3.63, 3.8) is 0 Å². The monoisotopic (exact) mass is 330 g/mol. The van der Waals surface area contributed by atoms with Crippen molar-refractivity contribution in [1.82, 2.24) is 10.2 Å². The van der Waals surface area contributed by atoms with Crippen LogP contribution >= 0.6 is 12.4 Å². The van der Waals surface area contributed by atoms with Gasteiger partial charge in [0.25, 0.3) is 0 Å². The number of carbonyl (C=O) groups is 1. The Labute approximate surface area is 137 Å². The summed E-state index contributed by atoms with van der Waals surface area (Å²) < 4.78 is 18.9. The zero-order valence-electron chi connectivity index (χ0n) is 13.0. The average molecular weight is 331 g/mol. The summed E-state index contributed by atoms with van der Waals surface area (Å²) in [6.07, 6.45) is 1.19. The minimum atomic E-state index is -0.261. The van der Waals surface area contributed by atoms with E-state index in [1.54, 1.807) is 12.1 Å². The summed E-state index contributed by atoms with van der Waals surface area (Å²) in [5, 5.41) is 3.04. The molecule has 0 aliphatic carbocycles. The van der Waals surface area contributed by atoms with Gasteiger partial charge in [-0.25, -0.2) is 4.39 Å². The number of nitrogens with one attached hydrogen (secondary N) is 1. The van der Waals surface area contributed by atoms with Crippen LogP contribution in [0.25, 0.3) is 0 Å². The number of carbonyl (C=O) groups excluding carboxylic acids is 1. The third-order valence-electron chi connectivity index (χ3n) is 3.67. The fraction of sp³-hybridized carbons (Fsp3) is 0.562. The summed E-state index contributed by atoms with van der Waals surface area (Å²) in [5.41, 5.74) is 0.913. The zero-order chi connectivity index (χ0) is 15.2. The highest BCUT2D eigenvalue weighted by Gasteiger charge is 2.28. The minimum absolute atomic E-state index is 0. The number of morpholine rings is 1. The maximum absolute atomic E-state index is 13.0. The lowest BCUT2D eigenvalue weighted by Gasteiger charge is -2.37. The van der Waals surface area contributed by atoms with E-state index in [-0.39, 0.29) is 36.3 Å². The number of nitrogens with zero attached hydrogens (tertiary/aromatic N) is 1. The van der Waals surface area contributed by atoms with Crippen molar-refractivity contribution in [2.45, 2.75) is 32.0 Å². The molecule has 1 aliphatic rings. The summed E-state index contributed by atoms with van der Waals surface area (Å²) in [6, 6.07) is 6.30. The summed E-state index contributed by atoms with van der Waals surface area (Å²) >= 11 is 0. The number of ether oxygens (including phenoxy) is 1. The van der Waals surface area contributed by atoms with Crippen LogP contribution in [0.5, 0.6) is 0 Å². The van der Waals surface area contributed by atoms with Gasteiger partial charge in [-0.05, 0) is 44.6 Å². The smallest absolute Gasteiger partial charge is 0.222 e. The molecule has 0 saturated carbocycles. The number of amides is 1. The molecule has 6 heteroatoms. The molecule has 1 fully saturated rings. The molecule has 1 aromatic carbocycles. The van der Waals surface area contributed by atoms with Crippen LogP contribution in [0, 0.1) is 5.82 Å². The molecular weight excluding hydrogens is 307 g/mol. The van der Waals surface area contributed by atoms with E-state index in [4.69, 9.17) is 4.74 Å². The lowest BCUT2D eigenvalue weighted by atomic mass is 10.1. The molecule has 1 N–H and O–H groups in total. The summed E-state index contributed by atoms with van der Waals surface area (Å²) in [6.45, 7) is 3.96. The van der Waals surface area contributed by atoms with E-state index in [0.29, 0.717) is 19.5 Å². The molecule has 0 aromatic heterocycles. The lowest BCUT2D eigenvalue weighted by Crippen LogP contribution is -2.46. The van der Waals surface area contributed by atoms with Crippen LogP contribution in [0.4, 0.5) is 4.39 Å². The Morgan fingerprint density at radius 1 is 1.36 bits per heavy atom. The first-order chi connectivity index (χ1) is 10.1. The van der Waals surface area contributed by atoms with E-state index in [0.717, 1.165) is 18.5 Å². The van der Waals surface area contributed by atoms with Crippen LogP contribution in [0.1, 0.15) is 31.4 Å². The first-order valence-corrected chi connectivity index (χ1v) is 7.43. The highest BCUT2D eigenvalue weighted by Crippen LogP contribution is 2.25. The number of rotatable bonds is 5. The number of hydrogen-bond donors (Lipinski definition) is 1. The predicted molar refractivity (Wildman–Crippen MR) is 86.7 cm³/mol. The van der Waals surface area contributed by atoms with Crippen LogP contribution in [-0.4, -0.2) is 43.6 Å². The summed E-state index contributed by atoms with van der Waals surface area (Å²) in [4.78, 5) is 14.1. The standard InChI is InChI=1S/C16H23FN2O2.ClH/c1-12-10-19(16(20)4-3-9-18-2)11-15(21-12)13-5-7-14(17)8-6-13;/h5-8,12,15,18H,3-4,9-11H2,1-2H3;1H. The molecule has 1 heterocycles. The van der Waals surface area contributed by atoms with Crippen LogP contribution in [0.3, 0.4) is 0 Å². The van der Waals surface area contributed by atoms with Crippen LogP contribution < -0.4 is 5.32 Å². The van der Waals surface area contributed by atoms with Gasteiger partial charge in [-0.1, -0.05) is 12.1 Å². The highest BCUT2D eigenvalue weighted by molar-refractivity contribution is 5.85. The third kappa shape index (κ3) is 5.23. The van der Waals surface area contributed by atoms with E-state index in [2.05, 4.69) is 5.32 Å². The second-order valence-electron chi connectivity index (χ2n) is 5.49. The van der Waals surface area contributed by atoms with Crippen LogP contribution in [-0.2, 0) is 9.53 Å². The molecule has 0 spiro atoms. The first-order valence-electron chi connectivity index (χ1n) is 7.43. The minimum Gasteiger partial charge on any atom is -0.367 e. The summed E-state index contributed by atoms with van der Waals surface area (Å²) in [5.74, 6) is -0.102. The number of benzene rings is 1. The molecule has 2 unspecified atom stereocenters. The predicted octanol–water partition coefficient (Wildman–Crippen LogP) is 2.54. The normalized spacial score (nSPS) is 21.3. The fourth-order valence-electron chi connectivity index (χ4n) is 2.59. The molecule has 0 radical (unpaired) electrons. The molecule has 22 heavy (non-hydrogen) atoms. The zero-order valence-corrected chi connectivity index (χ0v) is 13.9. The molecule has 1 saturated heterocycles. The highest BCUT2D eigenvalue weighted by atomic mass is 35.5. The van der Waals surface area contributed by atoms with Gasteiger partial charge >= 0.3 is 0 Å².